The summed E-state index contributed by atoms with van der Waals surface area (Å²) in [7, 11) is 1.26. The van der Waals surface area contributed by atoms with E-state index in [4.69, 9.17) is 9.68 Å². The number of ketones is 1. The first kappa shape index (κ1) is 14.5. The number of thiophene rings is 1. The average molecular weight is 303 g/mol. The summed E-state index contributed by atoms with van der Waals surface area (Å²) >= 11 is 1.15. The molecule has 0 fully saturated rings. The van der Waals surface area contributed by atoms with Crippen LogP contribution < -0.4 is 5.43 Å². The Balaban J connectivity index is 2.20. The molecular weight excluding hydrogens is 294 g/mol. The highest BCUT2D eigenvalue weighted by molar-refractivity contribution is 7.12. The molecule has 0 aromatic carbocycles. The summed E-state index contributed by atoms with van der Waals surface area (Å²) in [4.78, 5) is 23.7. The summed E-state index contributed by atoms with van der Waals surface area (Å²) in [5, 5.41) is 14.3. The first-order valence-corrected chi connectivity index (χ1v) is 6.53. The van der Waals surface area contributed by atoms with Crippen LogP contribution in [0.2, 0.25) is 0 Å². The van der Waals surface area contributed by atoms with Crippen molar-refractivity contribution in [3.8, 4) is 6.07 Å². The van der Waals surface area contributed by atoms with Crippen LogP contribution in [-0.4, -0.2) is 24.6 Å². The molecule has 0 saturated carbocycles. The van der Waals surface area contributed by atoms with Gasteiger partial charge in [-0.15, -0.1) is 11.3 Å². The number of hydrazone groups is 1. The standard InChI is InChI=1S/C13H9N3O4S/c1-19-13(18)12-8(4-6-21-12)15-16-9(7-14)11(17)10-3-2-5-20-10/h2-6,15H,1H3. The molecule has 106 valence electrons. The number of carbonyl (C=O) groups is 2. The maximum Gasteiger partial charge on any atom is 0.350 e. The number of carbonyl (C=O) groups excluding carboxylic acids is 2. The molecule has 2 aromatic rings. The lowest BCUT2D eigenvalue weighted by molar-refractivity contribution is 0.0607. The third-order valence-corrected chi connectivity index (χ3v) is 3.28. The Labute approximate surface area is 123 Å². The van der Waals surface area contributed by atoms with Gasteiger partial charge in [0.1, 0.15) is 10.9 Å². The van der Waals surface area contributed by atoms with Crippen molar-refractivity contribution < 1.29 is 18.7 Å². The highest BCUT2D eigenvalue weighted by atomic mass is 32.1. The predicted octanol–water partition coefficient (Wildman–Crippen LogP) is 2.30. The second-order valence-corrected chi connectivity index (χ2v) is 4.56. The zero-order valence-corrected chi connectivity index (χ0v) is 11.6. The lowest BCUT2D eigenvalue weighted by Crippen LogP contribution is -2.14. The van der Waals surface area contributed by atoms with Gasteiger partial charge in [-0.3, -0.25) is 10.2 Å². The maximum absolute atomic E-state index is 11.9. The van der Waals surface area contributed by atoms with Crippen LogP contribution in [0, 0.1) is 11.3 Å². The number of rotatable bonds is 5. The zero-order chi connectivity index (χ0) is 15.2. The fourth-order valence-corrected chi connectivity index (χ4v) is 2.18. The van der Waals surface area contributed by atoms with Crippen molar-refractivity contribution in [2.24, 2.45) is 5.10 Å². The predicted molar refractivity (Wildman–Crippen MR) is 75.4 cm³/mol. The van der Waals surface area contributed by atoms with Crippen LogP contribution in [0.3, 0.4) is 0 Å². The van der Waals surface area contributed by atoms with E-state index in [2.05, 4.69) is 15.3 Å². The lowest BCUT2D eigenvalue weighted by atomic mass is 10.2. The number of ether oxygens (including phenoxy) is 1. The molecule has 0 aliphatic heterocycles. The average Bonchev–Trinajstić information content (AvgIpc) is 3.18. The molecule has 0 amide bonds. The summed E-state index contributed by atoms with van der Waals surface area (Å²) in [5.74, 6) is -1.17. The number of hydrogen-bond acceptors (Lipinski definition) is 8. The maximum atomic E-state index is 11.9. The molecule has 0 aliphatic rings. The van der Waals surface area contributed by atoms with Crippen LogP contribution >= 0.6 is 11.3 Å². The minimum absolute atomic E-state index is 0.00982. The third-order valence-electron chi connectivity index (χ3n) is 2.39. The molecule has 0 bridgehead atoms. The van der Waals surface area contributed by atoms with E-state index < -0.39 is 11.8 Å². The number of nitrogens with zero attached hydrogens (tertiary/aromatic N) is 2. The van der Waals surface area contributed by atoms with E-state index in [1.165, 1.54) is 25.5 Å². The molecule has 0 aliphatic carbocycles. The molecule has 8 heteroatoms. The van der Waals surface area contributed by atoms with Crippen LogP contribution in [0.4, 0.5) is 5.69 Å². The second kappa shape index (κ2) is 6.49. The SMILES string of the molecule is COC(=O)c1sccc1NN=C(C#N)C(=O)c1ccco1. The number of esters is 1. The molecule has 21 heavy (non-hydrogen) atoms. The summed E-state index contributed by atoms with van der Waals surface area (Å²) < 4.78 is 9.52. The summed E-state index contributed by atoms with van der Waals surface area (Å²) in [6.07, 6.45) is 1.32. The van der Waals surface area contributed by atoms with Crippen molar-refractivity contribution in [1.29, 1.82) is 5.26 Å². The minimum atomic E-state index is -0.648. The third kappa shape index (κ3) is 3.16. The summed E-state index contributed by atoms with van der Waals surface area (Å²) in [6.45, 7) is 0. The van der Waals surface area contributed by atoms with Gasteiger partial charge in [0.2, 0.25) is 5.71 Å². The molecular formula is C13H9N3O4S. The Morgan fingerprint density at radius 2 is 2.29 bits per heavy atom. The van der Waals surface area contributed by atoms with Crippen molar-refractivity contribution >= 4 is 34.5 Å². The van der Waals surface area contributed by atoms with Crippen molar-refractivity contribution in [3.05, 3.63) is 40.5 Å². The van der Waals surface area contributed by atoms with E-state index in [0.29, 0.717) is 10.6 Å². The number of Topliss-reactive ketones (excluding diaryl/α,β-unsaturated/α-hetero) is 1. The van der Waals surface area contributed by atoms with Gasteiger partial charge in [-0.2, -0.15) is 10.4 Å². The van der Waals surface area contributed by atoms with Gasteiger partial charge in [-0.1, -0.05) is 0 Å². The summed E-state index contributed by atoms with van der Waals surface area (Å²) in [6, 6.07) is 6.23. The van der Waals surface area contributed by atoms with Crippen molar-refractivity contribution in [2.45, 2.75) is 0 Å². The molecule has 1 N–H and O–H groups in total. The number of furan rings is 1. The van der Waals surface area contributed by atoms with Gasteiger partial charge in [-0.05, 0) is 23.6 Å². The Kier molecular flexibility index (Phi) is 4.48. The highest BCUT2D eigenvalue weighted by Gasteiger charge is 2.18. The minimum Gasteiger partial charge on any atom is -0.465 e. The highest BCUT2D eigenvalue weighted by Crippen LogP contribution is 2.23. The fourth-order valence-electron chi connectivity index (χ4n) is 1.42. The summed E-state index contributed by atoms with van der Waals surface area (Å²) in [5.41, 5.74) is 2.49. The molecule has 0 unspecified atom stereocenters. The number of hydrogen-bond donors (Lipinski definition) is 1. The molecule has 2 aromatic heterocycles. The Bertz CT molecular complexity index is 725. The van der Waals surface area contributed by atoms with Crippen LogP contribution in [0.1, 0.15) is 20.2 Å². The van der Waals surface area contributed by atoms with Gasteiger partial charge in [0, 0.05) is 0 Å². The van der Waals surface area contributed by atoms with Crippen LogP contribution in [0.5, 0.6) is 0 Å². The van der Waals surface area contributed by atoms with Crippen molar-refractivity contribution in [1.82, 2.24) is 0 Å². The van der Waals surface area contributed by atoms with Gasteiger partial charge >= 0.3 is 5.97 Å². The van der Waals surface area contributed by atoms with Crippen LogP contribution in [-0.2, 0) is 4.74 Å². The first-order valence-electron chi connectivity index (χ1n) is 5.65. The number of nitrogens with one attached hydrogen (secondary N) is 1. The Hall–Kier alpha value is -2.92. The number of methoxy groups -OCH3 is 1. The van der Waals surface area contributed by atoms with Crippen molar-refractivity contribution in [2.75, 3.05) is 12.5 Å². The van der Waals surface area contributed by atoms with Crippen LogP contribution in [0.25, 0.3) is 0 Å². The largest absolute Gasteiger partial charge is 0.465 e. The molecule has 2 heterocycles. The van der Waals surface area contributed by atoms with Gasteiger partial charge in [0.15, 0.2) is 5.76 Å². The van der Waals surface area contributed by atoms with E-state index in [9.17, 15) is 9.59 Å². The lowest BCUT2D eigenvalue weighted by Gasteiger charge is -2.01. The van der Waals surface area contributed by atoms with Crippen molar-refractivity contribution in [3.63, 3.8) is 0 Å². The zero-order valence-electron chi connectivity index (χ0n) is 10.8. The van der Waals surface area contributed by atoms with E-state index in [0.717, 1.165) is 11.3 Å². The first-order chi connectivity index (χ1) is 10.2. The Morgan fingerprint density at radius 3 is 2.90 bits per heavy atom. The van der Waals surface area contributed by atoms with E-state index >= 15 is 0 Å². The van der Waals surface area contributed by atoms with E-state index in [1.54, 1.807) is 17.5 Å². The molecule has 0 spiro atoms. The van der Waals surface area contributed by atoms with E-state index in [-0.39, 0.29) is 11.5 Å². The monoisotopic (exact) mass is 303 g/mol. The molecule has 2 rings (SSSR count). The molecule has 0 atom stereocenters. The fraction of sp³-hybridized carbons (Fsp3) is 0.0769. The van der Waals surface area contributed by atoms with Gasteiger partial charge in [-0.25, -0.2) is 4.79 Å². The second-order valence-electron chi connectivity index (χ2n) is 3.65. The quantitative estimate of drug-likeness (QED) is 0.393. The van der Waals surface area contributed by atoms with Gasteiger partial charge in [0.05, 0.1) is 19.1 Å². The van der Waals surface area contributed by atoms with E-state index in [1.807, 2.05) is 0 Å². The van der Waals surface area contributed by atoms with Gasteiger partial charge in [0.25, 0.3) is 5.78 Å². The van der Waals surface area contributed by atoms with Gasteiger partial charge < -0.3 is 9.15 Å². The Morgan fingerprint density at radius 1 is 1.48 bits per heavy atom. The molecule has 0 radical (unpaired) electrons. The molecule has 0 saturated heterocycles. The topological polar surface area (TPSA) is 105 Å². The number of anilines is 1. The number of nitriles is 1. The molecule has 7 nitrogen and oxygen atoms in total. The normalized spacial score (nSPS) is 10.8. The smallest absolute Gasteiger partial charge is 0.350 e. The van der Waals surface area contributed by atoms with Crippen LogP contribution in [0.15, 0.2) is 39.4 Å².